The van der Waals surface area contributed by atoms with Crippen molar-refractivity contribution in [2.45, 2.75) is 37.8 Å². The van der Waals surface area contributed by atoms with Crippen LogP contribution in [0.3, 0.4) is 0 Å². The Balaban J connectivity index is 1.62. The number of rotatable bonds is 3. The number of aliphatic hydroxyl groups is 1. The largest absolute Gasteiger partial charge is 0.393 e. The summed E-state index contributed by atoms with van der Waals surface area (Å²) in [5.41, 5.74) is 0. The van der Waals surface area contributed by atoms with Crippen molar-refractivity contribution in [1.29, 1.82) is 0 Å². The summed E-state index contributed by atoms with van der Waals surface area (Å²) in [6, 6.07) is 0.678. The summed E-state index contributed by atoms with van der Waals surface area (Å²) in [4.78, 5) is 0. The third-order valence-electron chi connectivity index (χ3n) is 3.27. The Hall–Kier alpha value is -0.120. The summed E-state index contributed by atoms with van der Waals surface area (Å²) >= 11 is 0. The SMILES string of the molecule is OC1CCC(CNC2CCNC2)C1. The van der Waals surface area contributed by atoms with Crippen LogP contribution >= 0.6 is 0 Å². The highest BCUT2D eigenvalue weighted by atomic mass is 16.3. The van der Waals surface area contributed by atoms with Gasteiger partial charge in [-0.15, -0.1) is 0 Å². The molecule has 0 aromatic rings. The summed E-state index contributed by atoms with van der Waals surface area (Å²) in [5, 5.41) is 16.3. The average molecular weight is 184 g/mol. The second-order valence-corrected chi connectivity index (χ2v) is 4.43. The standard InChI is InChI=1S/C10H20N2O/c13-10-2-1-8(5-10)6-12-9-3-4-11-7-9/h8-13H,1-7H2. The maximum Gasteiger partial charge on any atom is 0.0543 e. The second-order valence-electron chi connectivity index (χ2n) is 4.43. The van der Waals surface area contributed by atoms with Crippen molar-refractivity contribution in [3.05, 3.63) is 0 Å². The summed E-state index contributed by atoms with van der Waals surface area (Å²) in [6.45, 7) is 3.38. The minimum absolute atomic E-state index is 0.0199. The van der Waals surface area contributed by atoms with Gasteiger partial charge in [-0.3, -0.25) is 0 Å². The zero-order valence-electron chi connectivity index (χ0n) is 8.13. The third-order valence-corrected chi connectivity index (χ3v) is 3.27. The Bertz CT molecular complexity index is 157. The van der Waals surface area contributed by atoms with Gasteiger partial charge in [0.2, 0.25) is 0 Å². The third kappa shape index (κ3) is 2.66. The molecule has 0 spiro atoms. The highest BCUT2D eigenvalue weighted by Gasteiger charge is 2.23. The van der Waals surface area contributed by atoms with Crippen LogP contribution in [-0.2, 0) is 0 Å². The van der Waals surface area contributed by atoms with Crippen LogP contribution in [0.2, 0.25) is 0 Å². The first kappa shape index (κ1) is 9.44. The van der Waals surface area contributed by atoms with E-state index in [0.717, 1.165) is 38.4 Å². The lowest BCUT2D eigenvalue weighted by Crippen LogP contribution is -2.34. The molecule has 0 aromatic carbocycles. The molecular weight excluding hydrogens is 164 g/mol. The smallest absolute Gasteiger partial charge is 0.0543 e. The maximum atomic E-state index is 9.35. The molecule has 13 heavy (non-hydrogen) atoms. The van der Waals surface area contributed by atoms with Gasteiger partial charge in [-0.2, -0.15) is 0 Å². The van der Waals surface area contributed by atoms with Gasteiger partial charge in [0.25, 0.3) is 0 Å². The van der Waals surface area contributed by atoms with Gasteiger partial charge < -0.3 is 15.7 Å². The second kappa shape index (κ2) is 4.40. The molecule has 2 aliphatic rings. The van der Waals surface area contributed by atoms with Crippen molar-refractivity contribution in [3.63, 3.8) is 0 Å². The van der Waals surface area contributed by atoms with Crippen molar-refractivity contribution in [2.24, 2.45) is 5.92 Å². The molecular formula is C10H20N2O. The van der Waals surface area contributed by atoms with Gasteiger partial charge in [-0.05, 0) is 44.7 Å². The van der Waals surface area contributed by atoms with Gasteiger partial charge in [0, 0.05) is 12.6 Å². The summed E-state index contributed by atoms with van der Waals surface area (Å²) < 4.78 is 0. The Morgan fingerprint density at radius 1 is 1.31 bits per heavy atom. The van der Waals surface area contributed by atoms with E-state index in [2.05, 4.69) is 10.6 Å². The zero-order chi connectivity index (χ0) is 9.10. The van der Waals surface area contributed by atoms with Crippen LogP contribution in [0.15, 0.2) is 0 Å². The van der Waals surface area contributed by atoms with Crippen LogP contribution in [0.1, 0.15) is 25.7 Å². The average Bonchev–Trinajstić information content (AvgIpc) is 2.71. The molecule has 3 atom stereocenters. The van der Waals surface area contributed by atoms with Crippen LogP contribution < -0.4 is 10.6 Å². The Morgan fingerprint density at radius 2 is 2.23 bits per heavy atom. The molecule has 1 heterocycles. The molecule has 0 radical (unpaired) electrons. The fourth-order valence-corrected chi connectivity index (χ4v) is 2.40. The van der Waals surface area contributed by atoms with E-state index in [4.69, 9.17) is 0 Å². The van der Waals surface area contributed by atoms with Crippen molar-refractivity contribution in [3.8, 4) is 0 Å². The van der Waals surface area contributed by atoms with Gasteiger partial charge in [0.15, 0.2) is 0 Å². The quantitative estimate of drug-likeness (QED) is 0.583. The lowest BCUT2D eigenvalue weighted by Gasteiger charge is -2.15. The molecule has 0 bridgehead atoms. The molecule has 0 amide bonds. The number of hydrogen-bond acceptors (Lipinski definition) is 3. The summed E-state index contributed by atoms with van der Waals surface area (Å²) in [5.74, 6) is 0.718. The molecule has 1 saturated heterocycles. The summed E-state index contributed by atoms with van der Waals surface area (Å²) in [6.07, 6.45) is 4.46. The number of nitrogens with one attached hydrogen (secondary N) is 2. The van der Waals surface area contributed by atoms with Crippen molar-refractivity contribution in [2.75, 3.05) is 19.6 Å². The van der Waals surface area contributed by atoms with E-state index in [-0.39, 0.29) is 6.10 Å². The lowest BCUT2D eigenvalue weighted by atomic mass is 10.1. The summed E-state index contributed by atoms with van der Waals surface area (Å²) in [7, 11) is 0. The minimum Gasteiger partial charge on any atom is -0.393 e. The number of aliphatic hydroxyl groups excluding tert-OH is 1. The van der Waals surface area contributed by atoms with E-state index in [1.54, 1.807) is 0 Å². The van der Waals surface area contributed by atoms with E-state index >= 15 is 0 Å². The molecule has 76 valence electrons. The fraction of sp³-hybridized carbons (Fsp3) is 1.00. The van der Waals surface area contributed by atoms with Crippen LogP contribution in [0, 0.1) is 5.92 Å². The van der Waals surface area contributed by atoms with Crippen molar-refractivity contribution < 1.29 is 5.11 Å². The lowest BCUT2D eigenvalue weighted by molar-refractivity contribution is 0.177. The van der Waals surface area contributed by atoms with E-state index in [9.17, 15) is 5.11 Å². The first-order valence-corrected chi connectivity index (χ1v) is 5.47. The monoisotopic (exact) mass is 184 g/mol. The van der Waals surface area contributed by atoms with Gasteiger partial charge in [0.05, 0.1) is 6.10 Å². The Labute approximate surface area is 79.9 Å². The predicted molar refractivity (Wildman–Crippen MR) is 52.6 cm³/mol. The predicted octanol–water partition coefficient (Wildman–Crippen LogP) is 0.0989. The minimum atomic E-state index is -0.0199. The van der Waals surface area contributed by atoms with Crippen LogP contribution in [0.25, 0.3) is 0 Å². The zero-order valence-corrected chi connectivity index (χ0v) is 8.13. The Kier molecular flexibility index (Phi) is 3.19. The van der Waals surface area contributed by atoms with Gasteiger partial charge in [-0.1, -0.05) is 0 Å². The molecule has 3 heteroatoms. The van der Waals surface area contributed by atoms with Gasteiger partial charge >= 0.3 is 0 Å². The van der Waals surface area contributed by atoms with Crippen LogP contribution in [0.4, 0.5) is 0 Å². The van der Waals surface area contributed by atoms with Crippen LogP contribution in [0.5, 0.6) is 0 Å². The van der Waals surface area contributed by atoms with Gasteiger partial charge in [0.1, 0.15) is 0 Å². The molecule has 2 fully saturated rings. The van der Waals surface area contributed by atoms with Crippen LogP contribution in [-0.4, -0.2) is 36.9 Å². The molecule has 1 aliphatic heterocycles. The normalized spacial score (nSPS) is 39.9. The molecule has 2 rings (SSSR count). The molecule has 3 nitrogen and oxygen atoms in total. The first-order chi connectivity index (χ1) is 6.34. The van der Waals surface area contributed by atoms with E-state index < -0.39 is 0 Å². The number of hydrogen-bond donors (Lipinski definition) is 3. The van der Waals surface area contributed by atoms with E-state index in [1.807, 2.05) is 0 Å². The molecule has 0 aromatic heterocycles. The fourth-order valence-electron chi connectivity index (χ4n) is 2.40. The van der Waals surface area contributed by atoms with Gasteiger partial charge in [-0.25, -0.2) is 0 Å². The maximum absolute atomic E-state index is 9.35. The molecule has 1 saturated carbocycles. The van der Waals surface area contributed by atoms with E-state index in [1.165, 1.54) is 12.8 Å². The van der Waals surface area contributed by atoms with Crippen molar-refractivity contribution >= 4 is 0 Å². The highest BCUT2D eigenvalue weighted by Crippen LogP contribution is 2.24. The van der Waals surface area contributed by atoms with E-state index in [0.29, 0.717) is 6.04 Å². The Morgan fingerprint density at radius 3 is 2.85 bits per heavy atom. The molecule has 3 N–H and O–H groups in total. The molecule has 1 aliphatic carbocycles. The topological polar surface area (TPSA) is 44.3 Å². The first-order valence-electron chi connectivity index (χ1n) is 5.47. The van der Waals surface area contributed by atoms with Crippen molar-refractivity contribution in [1.82, 2.24) is 10.6 Å². The molecule has 3 unspecified atom stereocenters. The highest BCUT2D eigenvalue weighted by molar-refractivity contribution is 4.81.